The van der Waals surface area contributed by atoms with Crippen LogP contribution in [0.25, 0.3) is 0 Å². The Hall–Kier alpha value is -1.10. The Morgan fingerprint density at radius 2 is 2.41 bits per heavy atom. The summed E-state index contributed by atoms with van der Waals surface area (Å²) in [6.07, 6.45) is 0.783. The molecule has 1 unspecified atom stereocenters. The summed E-state index contributed by atoms with van der Waals surface area (Å²) in [5.74, 6) is 0. The number of aliphatic hydroxyl groups excluding tert-OH is 1. The number of aliphatic hydroxyl groups is 1. The molecular weight excluding hydrogens is 242 g/mol. The van der Waals surface area contributed by atoms with Gasteiger partial charge < -0.3 is 14.7 Å². The van der Waals surface area contributed by atoms with Crippen LogP contribution in [0.1, 0.15) is 10.4 Å². The van der Waals surface area contributed by atoms with Gasteiger partial charge in [0.1, 0.15) is 0 Å². The van der Waals surface area contributed by atoms with Crippen LogP contribution in [0.3, 0.4) is 0 Å². The fourth-order valence-corrected chi connectivity index (χ4v) is 2.32. The molecule has 1 aromatic rings. The fourth-order valence-electron chi connectivity index (χ4n) is 2.03. The lowest BCUT2D eigenvalue weighted by atomic mass is 10.1. The summed E-state index contributed by atoms with van der Waals surface area (Å²) in [6.45, 7) is 1.61. The van der Waals surface area contributed by atoms with Gasteiger partial charge in [-0.2, -0.15) is 0 Å². The van der Waals surface area contributed by atoms with Crippen molar-refractivity contribution >= 4 is 23.6 Å². The number of ether oxygens (including phenoxy) is 1. The van der Waals surface area contributed by atoms with Gasteiger partial charge in [-0.25, -0.2) is 0 Å². The zero-order valence-electron chi connectivity index (χ0n) is 9.30. The van der Waals surface area contributed by atoms with Crippen molar-refractivity contribution in [1.82, 2.24) is 0 Å². The first-order valence-electron chi connectivity index (χ1n) is 5.47. The number of aldehydes is 1. The van der Waals surface area contributed by atoms with E-state index in [1.807, 2.05) is 4.90 Å². The Labute approximate surface area is 105 Å². The molecule has 1 aliphatic rings. The first kappa shape index (κ1) is 12.4. The third-order valence-electron chi connectivity index (χ3n) is 2.87. The van der Waals surface area contributed by atoms with Gasteiger partial charge in [0, 0.05) is 12.1 Å². The van der Waals surface area contributed by atoms with Crippen molar-refractivity contribution < 1.29 is 14.6 Å². The average Bonchev–Trinajstić information content (AvgIpc) is 2.38. The van der Waals surface area contributed by atoms with Crippen LogP contribution in [0, 0.1) is 0 Å². The van der Waals surface area contributed by atoms with Gasteiger partial charge in [-0.15, -0.1) is 0 Å². The van der Waals surface area contributed by atoms with E-state index in [2.05, 4.69) is 0 Å². The second kappa shape index (κ2) is 5.49. The highest BCUT2D eigenvalue weighted by molar-refractivity contribution is 6.34. The second-order valence-electron chi connectivity index (χ2n) is 3.90. The molecule has 0 saturated carbocycles. The van der Waals surface area contributed by atoms with Gasteiger partial charge in [-0.1, -0.05) is 17.7 Å². The molecule has 4 nitrogen and oxygen atoms in total. The van der Waals surface area contributed by atoms with Crippen molar-refractivity contribution in [2.45, 2.75) is 6.04 Å². The third-order valence-corrected chi connectivity index (χ3v) is 3.18. The molecule has 17 heavy (non-hydrogen) atoms. The predicted octanol–water partition coefficient (Wildman–Crippen LogP) is 1.35. The van der Waals surface area contributed by atoms with Crippen LogP contribution in [-0.2, 0) is 4.74 Å². The number of anilines is 1. The van der Waals surface area contributed by atoms with E-state index >= 15 is 0 Å². The largest absolute Gasteiger partial charge is 0.394 e. The molecule has 5 heteroatoms. The van der Waals surface area contributed by atoms with Crippen LogP contribution in [0.2, 0.25) is 5.02 Å². The number of halogens is 1. The highest BCUT2D eigenvalue weighted by atomic mass is 35.5. The summed E-state index contributed by atoms with van der Waals surface area (Å²) >= 11 is 6.14. The SMILES string of the molecule is O=Cc1cccc(Cl)c1N1CCOCC1CO. The molecule has 92 valence electrons. The molecule has 0 amide bonds. The van der Waals surface area contributed by atoms with Gasteiger partial charge in [0.2, 0.25) is 0 Å². The van der Waals surface area contributed by atoms with Crippen molar-refractivity contribution in [3.05, 3.63) is 28.8 Å². The van der Waals surface area contributed by atoms with Crippen molar-refractivity contribution in [1.29, 1.82) is 0 Å². The summed E-state index contributed by atoms with van der Waals surface area (Å²) in [5, 5.41) is 9.85. The highest BCUT2D eigenvalue weighted by Crippen LogP contribution is 2.31. The topological polar surface area (TPSA) is 49.8 Å². The molecule has 1 heterocycles. The normalized spacial score (nSPS) is 20.4. The molecule has 1 aliphatic heterocycles. The zero-order chi connectivity index (χ0) is 12.3. The standard InChI is InChI=1S/C12H14ClNO3/c13-11-3-1-2-9(6-15)12(11)14-4-5-17-8-10(14)7-16/h1-3,6,10,16H,4-5,7-8H2. The van der Waals surface area contributed by atoms with E-state index in [0.29, 0.717) is 36.0 Å². The first-order valence-corrected chi connectivity index (χ1v) is 5.84. The summed E-state index contributed by atoms with van der Waals surface area (Å²) in [7, 11) is 0. The van der Waals surface area contributed by atoms with E-state index in [-0.39, 0.29) is 12.6 Å². The molecule has 0 bridgehead atoms. The van der Waals surface area contributed by atoms with Crippen LogP contribution < -0.4 is 4.90 Å². The van der Waals surface area contributed by atoms with Gasteiger partial charge in [0.25, 0.3) is 0 Å². The summed E-state index contributed by atoms with van der Waals surface area (Å²) in [6, 6.07) is 5.05. The number of nitrogens with zero attached hydrogens (tertiary/aromatic N) is 1. The zero-order valence-corrected chi connectivity index (χ0v) is 10.1. The third kappa shape index (κ3) is 2.44. The summed E-state index contributed by atoms with van der Waals surface area (Å²) < 4.78 is 5.31. The minimum absolute atomic E-state index is 0.0243. The smallest absolute Gasteiger partial charge is 0.152 e. The van der Waals surface area contributed by atoms with Gasteiger partial charge in [-0.3, -0.25) is 4.79 Å². The maximum Gasteiger partial charge on any atom is 0.152 e. The molecule has 2 rings (SSSR count). The Morgan fingerprint density at radius 1 is 1.59 bits per heavy atom. The van der Waals surface area contributed by atoms with E-state index in [0.717, 1.165) is 6.29 Å². The maximum absolute atomic E-state index is 11.0. The van der Waals surface area contributed by atoms with Gasteiger partial charge >= 0.3 is 0 Å². The molecule has 0 spiro atoms. The van der Waals surface area contributed by atoms with Crippen LogP contribution in [0.15, 0.2) is 18.2 Å². The quantitative estimate of drug-likeness (QED) is 0.829. The fraction of sp³-hybridized carbons (Fsp3) is 0.417. The number of carbonyl (C=O) groups is 1. The Balaban J connectivity index is 2.40. The average molecular weight is 256 g/mol. The monoisotopic (exact) mass is 255 g/mol. The molecule has 1 saturated heterocycles. The van der Waals surface area contributed by atoms with Gasteiger partial charge in [-0.05, 0) is 12.1 Å². The van der Waals surface area contributed by atoms with Crippen molar-refractivity contribution in [3.63, 3.8) is 0 Å². The Kier molecular flexibility index (Phi) is 3.99. The number of benzene rings is 1. The molecular formula is C12H14ClNO3. The molecule has 1 atom stereocenters. The number of para-hydroxylation sites is 1. The molecule has 0 radical (unpaired) electrons. The van der Waals surface area contributed by atoms with Crippen LogP contribution in [-0.4, -0.2) is 43.8 Å². The second-order valence-corrected chi connectivity index (χ2v) is 4.31. The number of hydrogen-bond acceptors (Lipinski definition) is 4. The first-order chi connectivity index (χ1) is 8.27. The number of hydrogen-bond donors (Lipinski definition) is 1. The van der Waals surface area contributed by atoms with Crippen LogP contribution in [0.5, 0.6) is 0 Å². The molecule has 1 fully saturated rings. The van der Waals surface area contributed by atoms with E-state index < -0.39 is 0 Å². The lowest BCUT2D eigenvalue weighted by Gasteiger charge is -2.37. The summed E-state index contributed by atoms with van der Waals surface area (Å²) in [4.78, 5) is 13.0. The lowest BCUT2D eigenvalue weighted by molar-refractivity contribution is 0.0725. The van der Waals surface area contributed by atoms with Gasteiger partial charge in [0.05, 0.1) is 36.6 Å². The summed E-state index contributed by atoms with van der Waals surface area (Å²) in [5.41, 5.74) is 1.23. The van der Waals surface area contributed by atoms with E-state index in [4.69, 9.17) is 16.3 Å². The number of rotatable bonds is 3. The van der Waals surface area contributed by atoms with Crippen molar-refractivity contribution in [2.24, 2.45) is 0 Å². The lowest BCUT2D eigenvalue weighted by Crippen LogP contribution is -2.48. The van der Waals surface area contributed by atoms with E-state index in [9.17, 15) is 9.90 Å². The van der Waals surface area contributed by atoms with Gasteiger partial charge in [0.15, 0.2) is 6.29 Å². The van der Waals surface area contributed by atoms with E-state index in [1.165, 1.54) is 0 Å². The minimum Gasteiger partial charge on any atom is -0.394 e. The van der Waals surface area contributed by atoms with Crippen LogP contribution in [0.4, 0.5) is 5.69 Å². The minimum atomic E-state index is -0.151. The van der Waals surface area contributed by atoms with Crippen molar-refractivity contribution in [2.75, 3.05) is 31.3 Å². The molecule has 1 N–H and O–H groups in total. The van der Waals surface area contributed by atoms with Crippen molar-refractivity contribution in [3.8, 4) is 0 Å². The molecule has 1 aromatic carbocycles. The Morgan fingerprint density at radius 3 is 3.12 bits per heavy atom. The predicted molar refractivity (Wildman–Crippen MR) is 65.9 cm³/mol. The highest BCUT2D eigenvalue weighted by Gasteiger charge is 2.25. The number of carbonyl (C=O) groups excluding carboxylic acids is 1. The van der Waals surface area contributed by atoms with Crippen LogP contribution >= 0.6 is 11.6 Å². The molecule has 0 aliphatic carbocycles. The molecule has 0 aromatic heterocycles. The van der Waals surface area contributed by atoms with E-state index in [1.54, 1.807) is 18.2 Å². The maximum atomic E-state index is 11.0. The Bertz CT molecular complexity index is 411. The number of morpholine rings is 1.